The van der Waals surface area contributed by atoms with Gasteiger partial charge in [0.25, 0.3) is 10.0 Å². The predicted molar refractivity (Wildman–Crippen MR) is 143 cm³/mol. The Labute approximate surface area is 229 Å². The first-order valence-electron chi connectivity index (χ1n) is 11.5. The average Bonchev–Trinajstić information content (AvgIpc) is 2.82. The summed E-state index contributed by atoms with van der Waals surface area (Å²) in [6.07, 6.45) is -2.10. The Balaban J connectivity index is 1.83. The topological polar surface area (TPSA) is 83.6 Å². The summed E-state index contributed by atoms with van der Waals surface area (Å²) in [6, 6.07) is 11.5. The van der Waals surface area contributed by atoms with Crippen molar-refractivity contribution in [2.75, 3.05) is 17.1 Å². The highest BCUT2D eigenvalue weighted by Gasteiger charge is 2.37. The van der Waals surface area contributed by atoms with Crippen LogP contribution in [0.3, 0.4) is 0 Å². The minimum atomic E-state index is -4.77. The largest absolute Gasteiger partial charge is 0.416 e. The lowest BCUT2D eigenvalue weighted by Crippen LogP contribution is -2.50. The van der Waals surface area contributed by atoms with Gasteiger partial charge in [-0.2, -0.15) is 13.2 Å². The lowest BCUT2D eigenvalue weighted by molar-refractivity contribution is -0.137. The molecule has 0 spiro atoms. The first-order valence-corrected chi connectivity index (χ1v) is 15.2. The molecule has 0 fully saturated rings. The molecule has 1 atom stereocenters. The lowest BCUT2D eigenvalue weighted by Gasteiger charge is -2.35. The van der Waals surface area contributed by atoms with Crippen molar-refractivity contribution in [1.29, 1.82) is 0 Å². The molecule has 1 aliphatic rings. The van der Waals surface area contributed by atoms with Crippen LogP contribution in [0.5, 0.6) is 0 Å². The Morgan fingerprint density at radius 3 is 2.38 bits per heavy atom. The molecule has 6 nitrogen and oxygen atoms in total. The Morgan fingerprint density at radius 1 is 1.05 bits per heavy atom. The summed E-state index contributed by atoms with van der Waals surface area (Å²) in [4.78, 5) is -0.599. The normalized spacial score (nSPS) is 16.7. The Morgan fingerprint density at radius 2 is 1.74 bits per heavy atom. The third-order valence-corrected chi connectivity index (χ3v) is 8.95. The molecule has 0 saturated carbocycles. The van der Waals surface area contributed by atoms with Gasteiger partial charge in [0.15, 0.2) is 0 Å². The van der Waals surface area contributed by atoms with Gasteiger partial charge in [0.05, 0.1) is 34.0 Å². The second kappa shape index (κ2) is 10.6. The summed E-state index contributed by atoms with van der Waals surface area (Å²) >= 11 is 6.17. The van der Waals surface area contributed by atoms with E-state index in [1.165, 1.54) is 24.3 Å². The molecular weight excluding hydrogens is 580 g/mol. The first kappa shape index (κ1) is 29.1. The maximum absolute atomic E-state index is 14.4. The number of fused-ring (bicyclic) bond motifs is 1. The van der Waals surface area contributed by atoms with E-state index in [1.54, 1.807) is 25.1 Å². The molecule has 0 unspecified atom stereocenters. The van der Waals surface area contributed by atoms with Crippen molar-refractivity contribution in [3.05, 3.63) is 93.8 Å². The molecule has 0 aliphatic carbocycles. The number of benzene rings is 3. The standard InChI is InChI=1S/C26H23ClF4N2O4S2/c1-16(25-22(27)7-4-8-23(25)28)11-17-9-10-18-13-20(32-38(2,34)35)15-33(24(18)12-17)39(36,37)21-6-3-5-19(14-21)26(29,30)31/h3-12,14,20,32H,13,15H2,1-2H3/b16-11+/t20-/m0/s1. The SMILES string of the molecule is C/C(=C\c1ccc2c(c1)N(S(=O)(=O)c1cccc(C(F)(F)F)c1)C[C@@H](NS(C)(=O)=O)C2)c1c(F)cccc1Cl. The lowest BCUT2D eigenvalue weighted by atomic mass is 9.97. The number of alkyl halides is 3. The van der Waals surface area contributed by atoms with Crippen LogP contribution in [0.2, 0.25) is 5.02 Å². The fourth-order valence-electron chi connectivity index (χ4n) is 4.47. The molecule has 3 aromatic rings. The minimum absolute atomic E-state index is 0.138. The summed E-state index contributed by atoms with van der Waals surface area (Å²) < 4.78 is 109. The van der Waals surface area contributed by atoms with Crippen LogP contribution in [0.4, 0.5) is 23.2 Å². The van der Waals surface area contributed by atoms with Crippen molar-refractivity contribution >= 4 is 49.0 Å². The maximum Gasteiger partial charge on any atom is 0.416 e. The highest BCUT2D eigenvalue weighted by atomic mass is 35.5. The summed E-state index contributed by atoms with van der Waals surface area (Å²) in [5.74, 6) is -0.544. The molecule has 4 rings (SSSR count). The number of rotatable bonds is 6. The number of hydrogen-bond donors (Lipinski definition) is 1. The van der Waals surface area contributed by atoms with Gasteiger partial charge in [-0.15, -0.1) is 0 Å². The molecule has 1 heterocycles. The molecule has 0 radical (unpaired) electrons. The van der Waals surface area contributed by atoms with Crippen LogP contribution in [-0.4, -0.2) is 35.7 Å². The van der Waals surface area contributed by atoms with Crippen LogP contribution in [-0.2, 0) is 32.6 Å². The van der Waals surface area contributed by atoms with Gasteiger partial charge < -0.3 is 0 Å². The number of allylic oxidation sites excluding steroid dienone is 1. The monoisotopic (exact) mass is 602 g/mol. The molecule has 3 aromatic carbocycles. The zero-order valence-electron chi connectivity index (χ0n) is 20.6. The fourth-order valence-corrected chi connectivity index (χ4v) is 7.13. The maximum atomic E-state index is 14.4. The van der Waals surface area contributed by atoms with Crippen LogP contribution in [0.25, 0.3) is 11.6 Å². The second-order valence-electron chi connectivity index (χ2n) is 9.16. The van der Waals surface area contributed by atoms with E-state index in [2.05, 4.69) is 4.72 Å². The number of sulfonamides is 2. The zero-order valence-corrected chi connectivity index (χ0v) is 23.0. The van der Waals surface area contributed by atoms with Gasteiger partial charge in [-0.25, -0.2) is 25.9 Å². The molecule has 0 aromatic heterocycles. The van der Waals surface area contributed by atoms with E-state index in [-0.39, 0.29) is 29.2 Å². The van der Waals surface area contributed by atoms with Gasteiger partial charge in [0.1, 0.15) is 5.82 Å². The first-order chi connectivity index (χ1) is 18.1. The predicted octanol–water partition coefficient (Wildman–Crippen LogP) is 5.73. The smallest absolute Gasteiger partial charge is 0.264 e. The van der Waals surface area contributed by atoms with Gasteiger partial charge in [-0.1, -0.05) is 41.9 Å². The highest BCUT2D eigenvalue weighted by Crippen LogP contribution is 2.37. The summed E-state index contributed by atoms with van der Waals surface area (Å²) in [5.41, 5.74) is 0.586. The zero-order chi connectivity index (χ0) is 28.8. The molecule has 39 heavy (non-hydrogen) atoms. The van der Waals surface area contributed by atoms with E-state index in [1.807, 2.05) is 0 Å². The van der Waals surface area contributed by atoms with Gasteiger partial charge in [-0.05, 0) is 66.4 Å². The van der Waals surface area contributed by atoms with Crippen molar-refractivity contribution in [3.8, 4) is 0 Å². The second-order valence-corrected chi connectivity index (χ2v) is 13.2. The van der Waals surface area contributed by atoms with Gasteiger partial charge in [0, 0.05) is 11.6 Å². The Kier molecular flexibility index (Phi) is 7.87. The summed E-state index contributed by atoms with van der Waals surface area (Å²) in [7, 11) is -8.29. The van der Waals surface area contributed by atoms with E-state index in [4.69, 9.17) is 11.6 Å². The molecule has 0 bridgehead atoms. The molecule has 1 aliphatic heterocycles. The average molecular weight is 603 g/mol. The van der Waals surface area contributed by atoms with E-state index in [0.717, 1.165) is 28.8 Å². The van der Waals surface area contributed by atoms with Crippen molar-refractivity contribution in [1.82, 2.24) is 4.72 Å². The minimum Gasteiger partial charge on any atom is -0.264 e. The van der Waals surface area contributed by atoms with Crippen molar-refractivity contribution in [2.45, 2.75) is 30.5 Å². The van der Waals surface area contributed by atoms with Crippen molar-refractivity contribution < 1.29 is 34.4 Å². The Hall–Kier alpha value is -2.93. The summed E-state index contributed by atoms with van der Waals surface area (Å²) in [6.45, 7) is 1.27. The van der Waals surface area contributed by atoms with Crippen LogP contribution >= 0.6 is 11.6 Å². The molecule has 1 N–H and O–H groups in total. The van der Waals surface area contributed by atoms with Crippen LogP contribution < -0.4 is 9.03 Å². The Bertz CT molecular complexity index is 1650. The number of nitrogens with zero attached hydrogens (tertiary/aromatic N) is 1. The van der Waals surface area contributed by atoms with Crippen LogP contribution in [0, 0.1) is 5.82 Å². The van der Waals surface area contributed by atoms with Gasteiger partial charge in [0.2, 0.25) is 10.0 Å². The number of nitrogens with one attached hydrogen (secondary N) is 1. The number of anilines is 1. The third kappa shape index (κ3) is 6.46. The van der Waals surface area contributed by atoms with E-state index >= 15 is 0 Å². The molecular formula is C26H23ClF4N2O4S2. The molecule has 0 saturated heterocycles. The van der Waals surface area contributed by atoms with Crippen LogP contribution in [0.15, 0.2) is 65.6 Å². The van der Waals surface area contributed by atoms with Crippen molar-refractivity contribution in [3.63, 3.8) is 0 Å². The quantitative estimate of drug-likeness (QED) is 0.289. The number of halogens is 5. The van der Waals surface area contributed by atoms with E-state index in [9.17, 15) is 34.4 Å². The summed E-state index contributed by atoms with van der Waals surface area (Å²) in [5, 5.41) is 0.185. The third-order valence-electron chi connectivity index (χ3n) is 6.10. The molecule has 208 valence electrons. The van der Waals surface area contributed by atoms with E-state index < -0.39 is 48.5 Å². The number of hydrogen-bond acceptors (Lipinski definition) is 4. The van der Waals surface area contributed by atoms with E-state index in [0.29, 0.717) is 22.8 Å². The van der Waals surface area contributed by atoms with Crippen molar-refractivity contribution in [2.24, 2.45) is 0 Å². The van der Waals surface area contributed by atoms with Gasteiger partial charge in [-0.3, -0.25) is 4.31 Å². The highest BCUT2D eigenvalue weighted by molar-refractivity contribution is 7.92. The fraction of sp³-hybridized carbons (Fsp3) is 0.231. The van der Waals surface area contributed by atoms with Gasteiger partial charge >= 0.3 is 6.18 Å². The van der Waals surface area contributed by atoms with Crippen LogP contribution in [0.1, 0.15) is 29.2 Å². The molecule has 0 amide bonds. The molecule has 13 heteroatoms.